The van der Waals surface area contributed by atoms with Crippen LogP contribution in [0.15, 0.2) is 18.2 Å². The molecule has 1 atom stereocenters. The van der Waals surface area contributed by atoms with E-state index in [4.69, 9.17) is 10.5 Å². The number of hydrogen-bond donors (Lipinski definition) is 1. The number of methoxy groups -OCH3 is 1. The van der Waals surface area contributed by atoms with Crippen molar-refractivity contribution in [2.75, 3.05) is 33.8 Å². The maximum absolute atomic E-state index is 13.5. The van der Waals surface area contributed by atoms with Gasteiger partial charge in [0.25, 0.3) is 0 Å². The van der Waals surface area contributed by atoms with Crippen molar-refractivity contribution in [2.45, 2.75) is 19.8 Å². The van der Waals surface area contributed by atoms with Gasteiger partial charge in [-0.15, -0.1) is 0 Å². The fourth-order valence-corrected chi connectivity index (χ4v) is 2.09. The molecule has 4 heteroatoms. The van der Waals surface area contributed by atoms with Gasteiger partial charge in [-0.2, -0.15) is 0 Å². The second-order valence-corrected chi connectivity index (χ2v) is 4.99. The first kappa shape index (κ1) is 15.9. The molecule has 1 rings (SSSR count). The number of rotatable bonds is 8. The lowest BCUT2D eigenvalue weighted by atomic mass is 10.1. The van der Waals surface area contributed by atoms with Gasteiger partial charge in [0.2, 0.25) is 0 Å². The largest absolute Gasteiger partial charge is 0.494 e. The lowest BCUT2D eigenvalue weighted by Crippen LogP contribution is -2.31. The highest BCUT2D eigenvalue weighted by molar-refractivity contribution is 5.29. The second-order valence-electron chi connectivity index (χ2n) is 4.99. The molecule has 1 unspecified atom stereocenters. The van der Waals surface area contributed by atoms with Gasteiger partial charge in [-0.05, 0) is 43.6 Å². The minimum Gasteiger partial charge on any atom is -0.494 e. The molecular weight excluding hydrogens is 243 g/mol. The molecule has 108 valence electrons. The topological polar surface area (TPSA) is 38.5 Å². The zero-order chi connectivity index (χ0) is 14.3. The molecule has 0 aromatic heterocycles. The standard InChI is InChI=1S/C15H25FN2O/c1-4-12(10-17)11-18(2)8-7-13-5-6-15(19-3)14(16)9-13/h5-6,9,12H,4,7-8,10-11,17H2,1-3H3. The number of hydrogen-bond acceptors (Lipinski definition) is 3. The third-order valence-corrected chi connectivity index (χ3v) is 3.48. The summed E-state index contributed by atoms with van der Waals surface area (Å²) >= 11 is 0. The molecule has 0 radical (unpaired) electrons. The number of likely N-dealkylation sites (N-methyl/N-ethyl adjacent to an activating group) is 1. The average molecular weight is 268 g/mol. The molecule has 19 heavy (non-hydrogen) atoms. The Labute approximate surface area is 115 Å². The Morgan fingerprint density at radius 3 is 2.68 bits per heavy atom. The van der Waals surface area contributed by atoms with Gasteiger partial charge in [0, 0.05) is 13.1 Å². The van der Waals surface area contributed by atoms with Crippen LogP contribution in [-0.4, -0.2) is 38.7 Å². The molecule has 0 fully saturated rings. The third kappa shape index (κ3) is 5.17. The highest BCUT2D eigenvalue weighted by atomic mass is 19.1. The summed E-state index contributed by atoms with van der Waals surface area (Å²) in [5.41, 5.74) is 6.69. The van der Waals surface area contributed by atoms with Crippen molar-refractivity contribution in [3.05, 3.63) is 29.6 Å². The van der Waals surface area contributed by atoms with Crippen LogP contribution in [0.5, 0.6) is 5.75 Å². The van der Waals surface area contributed by atoms with Crippen LogP contribution >= 0.6 is 0 Å². The van der Waals surface area contributed by atoms with E-state index in [1.54, 1.807) is 12.1 Å². The number of nitrogens with zero attached hydrogens (tertiary/aromatic N) is 1. The second kappa shape index (κ2) is 8.12. The maximum atomic E-state index is 13.5. The van der Waals surface area contributed by atoms with E-state index in [0.717, 1.165) is 38.0 Å². The van der Waals surface area contributed by atoms with E-state index in [0.29, 0.717) is 11.7 Å². The summed E-state index contributed by atoms with van der Waals surface area (Å²) in [5.74, 6) is 0.542. The third-order valence-electron chi connectivity index (χ3n) is 3.48. The SMILES string of the molecule is CCC(CN)CN(C)CCc1ccc(OC)c(F)c1. The van der Waals surface area contributed by atoms with Crippen molar-refractivity contribution in [1.29, 1.82) is 0 Å². The van der Waals surface area contributed by atoms with Gasteiger partial charge < -0.3 is 15.4 Å². The molecule has 0 aliphatic rings. The molecule has 0 heterocycles. The van der Waals surface area contributed by atoms with Gasteiger partial charge in [-0.1, -0.05) is 19.4 Å². The Hall–Kier alpha value is -1.13. The lowest BCUT2D eigenvalue weighted by Gasteiger charge is -2.22. The first-order valence-electron chi connectivity index (χ1n) is 6.81. The first-order valence-corrected chi connectivity index (χ1v) is 6.81. The van der Waals surface area contributed by atoms with Crippen LogP contribution in [0.1, 0.15) is 18.9 Å². The molecule has 0 saturated carbocycles. The van der Waals surface area contributed by atoms with E-state index < -0.39 is 0 Å². The van der Waals surface area contributed by atoms with Crippen LogP contribution in [0, 0.1) is 11.7 Å². The first-order chi connectivity index (χ1) is 9.10. The van der Waals surface area contributed by atoms with Crippen LogP contribution in [-0.2, 0) is 6.42 Å². The highest BCUT2D eigenvalue weighted by Gasteiger charge is 2.09. The number of halogens is 1. The molecule has 0 aliphatic heterocycles. The molecular formula is C15H25FN2O. The fourth-order valence-electron chi connectivity index (χ4n) is 2.09. The number of benzene rings is 1. The Balaban J connectivity index is 2.45. The van der Waals surface area contributed by atoms with Crippen LogP contribution in [0.3, 0.4) is 0 Å². The summed E-state index contributed by atoms with van der Waals surface area (Å²) in [6.45, 7) is 4.77. The predicted molar refractivity (Wildman–Crippen MR) is 77.0 cm³/mol. The summed E-state index contributed by atoms with van der Waals surface area (Å²) in [7, 11) is 3.56. The normalized spacial score (nSPS) is 12.7. The van der Waals surface area contributed by atoms with Gasteiger partial charge in [0.15, 0.2) is 11.6 Å². The van der Waals surface area contributed by atoms with Gasteiger partial charge in [-0.3, -0.25) is 0 Å². The quantitative estimate of drug-likeness (QED) is 0.786. The molecule has 2 N–H and O–H groups in total. The van der Waals surface area contributed by atoms with Crippen molar-refractivity contribution in [2.24, 2.45) is 11.7 Å². The van der Waals surface area contributed by atoms with Crippen LogP contribution < -0.4 is 10.5 Å². The molecule has 0 bridgehead atoms. The van der Waals surface area contributed by atoms with E-state index in [-0.39, 0.29) is 5.82 Å². The Morgan fingerprint density at radius 2 is 2.16 bits per heavy atom. The van der Waals surface area contributed by atoms with Crippen molar-refractivity contribution < 1.29 is 9.13 Å². The minimum atomic E-state index is -0.295. The van der Waals surface area contributed by atoms with E-state index in [1.807, 2.05) is 6.07 Å². The van der Waals surface area contributed by atoms with E-state index in [2.05, 4.69) is 18.9 Å². The molecule has 0 saturated heterocycles. The van der Waals surface area contributed by atoms with Crippen molar-refractivity contribution in [3.63, 3.8) is 0 Å². The van der Waals surface area contributed by atoms with Gasteiger partial charge in [0.1, 0.15) is 0 Å². The van der Waals surface area contributed by atoms with Crippen molar-refractivity contribution >= 4 is 0 Å². The molecule has 1 aromatic carbocycles. The lowest BCUT2D eigenvalue weighted by molar-refractivity contribution is 0.277. The summed E-state index contributed by atoms with van der Waals surface area (Å²) < 4.78 is 18.4. The summed E-state index contributed by atoms with van der Waals surface area (Å²) in [5, 5.41) is 0. The fraction of sp³-hybridized carbons (Fsp3) is 0.600. The van der Waals surface area contributed by atoms with Crippen LogP contribution in [0.4, 0.5) is 4.39 Å². The Morgan fingerprint density at radius 1 is 1.42 bits per heavy atom. The van der Waals surface area contributed by atoms with E-state index in [9.17, 15) is 4.39 Å². The van der Waals surface area contributed by atoms with Gasteiger partial charge >= 0.3 is 0 Å². The molecule has 1 aromatic rings. The van der Waals surface area contributed by atoms with E-state index in [1.165, 1.54) is 7.11 Å². The Kier molecular flexibility index (Phi) is 6.81. The van der Waals surface area contributed by atoms with Crippen molar-refractivity contribution in [3.8, 4) is 5.75 Å². The summed E-state index contributed by atoms with van der Waals surface area (Å²) in [6, 6.07) is 5.14. The average Bonchev–Trinajstić information content (AvgIpc) is 2.42. The highest BCUT2D eigenvalue weighted by Crippen LogP contribution is 2.18. The van der Waals surface area contributed by atoms with Crippen LogP contribution in [0.25, 0.3) is 0 Å². The Bertz CT molecular complexity index is 380. The zero-order valence-corrected chi connectivity index (χ0v) is 12.2. The molecule has 0 spiro atoms. The minimum absolute atomic E-state index is 0.295. The van der Waals surface area contributed by atoms with Crippen LogP contribution in [0.2, 0.25) is 0 Å². The predicted octanol–water partition coefficient (Wildman–Crippen LogP) is 2.29. The van der Waals surface area contributed by atoms with Crippen molar-refractivity contribution in [1.82, 2.24) is 4.90 Å². The summed E-state index contributed by atoms with van der Waals surface area (Å²) in [6.07, 6.45) is 1.93. The van der Waals surface area contributed by atoms with Gasteiger partial charge in [0.05, 0.1) is 7.11 Å². The maximum Gasteiger partial charge on any atom is 0.165 e. The zero-order valence-electron chi connectivity index (χ0n) is 12.2. The monoisotopic (exact) mass is 268 g/mol. The number of nitrogens with two attached hydrogens (primary N) is 1. The smallest absolute Gasteiger partial charge is 0.165 e. The number of ether oxygens (including phenoxy) is 1. The van der Waals surface area contributed by atoms with Gasteiger partial charge in [-0.25, -0.2) is 4.39 Å². The summed E-state index contributed by atoms with van der Waals surface area (Å²) in [4.78, 5) is 2.25. The molecule has 3 nitrogen and oxygen atoms in total. The molecule has 0 amide bonds. The van der Waals surface area contributed by atoms with E-state index >= 15 is 0 Å². The molecule has 0 aliphatic carbocycles.